The van der Waals surface area contributed by atoms with Crippen molar-refractivity contribution in [3.05, 3.63) is 68.7 Å². The second-order valence-corrected chi connectivity index (χ2v) is 8.34. The number of hydrogen-bond donors (Lipinski definition) is 0. The van der Waals surface area contributed by atoms with E-state index in [-0.39, 0.29) is 17.5 Å². The van der Waals surface area contributed by atoms with Crippen molar-refractivity contribution in [3.8, 4) is 0 Å². The van der Waals surface area contributed by atoms with Crippen LogP contribution in [0.2, 0.25) is 0 Å². The minimum Gasteiger partial charge on any atom is -0.465 e. The summed E-state index contributed by atoms with van der Waals surface area (Å²) >= 11 is 3.35. The van der Waals surface area contributed by atoms with Gasteiger partial charge < -0.3 is 14.2 Å². The number of halogens is 1. The normalized spacial score (nSPS) is 10.6. The lowest BCUT2D eigenvalue weighted by Gasteiger charge is -2.20. The van der Waals surface area contributed by atoms with Gasteiger partial charge in [-0.05, 0) is 81.6 Å². The molecule has 0 aromatic heterocycles. The van der Waals surface area contributed by atoms with Crippen LogP contribution in [-0.2, 0) is 20.8 Å². The van der Waals surface area contributed by atoms with E-state index in [9.17, 15) is 9.59 Å². The SMILES string of the molecule is COC(=O)c1ccc(Br)c(C)c1.COC(=O)c1ccc(COC(C)(C)C)c(C)c1. The van der Waals surface area contributed by atoms with Crippen molar-refractivity contribution in [2.24, 2.45) is 0 Å². The molecule has 5 nitrogen and oxygen atoms in total. The minimum atomic E-state index is -0.309. The Morgan fingerprint density at radius 1 is 0.862 bits per heavy atom. The van der Waals surface area contributed by atoms with Crippen molar-refractivity contribution in [3.63, 3.8) is 0 Å². The first kappa shape index (κ1) is 24.9. The molecule has 0 bridgehead atoms. The number of rotatable bonds is 4. The number of hydrogen-bond acceptors (Lipinski definition) is 5. The molecule has 2 aromatic carbocycles. The summed E-state index contributed by atoms with van der Waals surface area (Å²) in [5.74, 6) is -0.609. The lowest BCUT2D eigenvalue weighted by Crippen LogP contribution is -2.19. The highest BCUT2D eigenvalue weighted by molar-refractivity contribution is 9.10. The van der Waals surface area contributed by atoms with Gasteiger partial charge in [0.1, 0.15) is 0 Å². The van der Waals surface area contributed by atoms with Gasteiger partial charge in [0, 0.05) is 4.47 Å². The van der Waals surface area contributed by atoms with Crippen molar-refractivity contribution < 1.29 is 23.8 Å². The maximum atomic E-state index is 11.3. The topological polar surface area (TPSA) is 61.8 Å². The van der Waals surface area contributed by atoms with Gasteiger partial charge in [-0.3, -0.25) is 0 Å². The summed E-state index contributed by atoms with van der Waals surface area (Å²) in [5, 5.41) is 0. The van der Waals surface area contributed by atoms with Gasteiger partial charge in [0.15, 0.2) is 0 Å². The third-order valence-corrected chi connectivity index (χ3v) is 4.89. The number of carbonyl (C=O) groups is 2. The molecule has 0 fully saturated rings. The van der Waals surface area contributed by atoms with Crippen LogP contribution < -0.4 is 0 Å². The van der Waals surface area contributed by atoms with Crippen LogP contribution in [0.25, 0.3) is 0 Å². The minimum absolute atomic E-state index is 0.159. The fraction of sp³-hybridized carbons (Fsp3) is 0.391. The predicted molar refractivity (Wildman–Crippen MR) is 117 cm³/mol. The molecule has 0 saturated carbocycles. The van der Waals surface area contributed by atoms with E-state index >= 15 is 0 Å². The Hall–Kier alpha value is -2.18. The van der Waals surface area contributed by atoms with E-state index in [2.05, 4.69) is 25.4 Å². The Labute approximate surface area is 181 Å². The van der Waals surface area contributed by atoms with Crippen molar-refractivity contribution in [2.45, 2.75) is 46.8 Å². The van der Waals surface area contributed by atoms with E-state index < -0.39 is 0 Å². The smallest absolute Gasteiger partial charge is 0.337 e. The molecular formula is C23H29BrO5. The molecule has 0 spiro atoms. The quantitative estimate of drug-likeness (QED) is 0.547. The average molecular weight is 465 g/mol. The molecule has 2 rings (SSSR count). The molecule has 158 valence electrons. The first-order valence-electron chi connectivity index (χ1n) is 9.14. The highest BCUT2D eigenvalue weighted by Gasteiger charge is 2.12. The first-order valence-corrected chi connectivity index (χ1v) is 9.94. The maximum absolute atomic E-state index is 11.3. The van der Waals surface area contributed by atoms with E-state index in [4.69, 9.17) is 4.74 Å². The number of esters is 2. The van der Waals surface area contributed by atoms with Crippen LogP contribution in [0.3, 0.4) is 0 Å². The van der Waals surface area contributed by atoms with E-state index in [0.29, 0.717) is 17.7 Å². The molecule has 29 heavy (non-hydrogen) atoms. The third-order valence-electron chi connectivity index (χ3n) is 4.00. The number of methoxy groups -OCH3 is 2. The summed E-state index contributed by atoms with van der Waals surface area (Å²) in [7, 11) is 2.76. The molecule has 0 radical (unpaired) electrons. The van der Waals surface area contributed by atoms with Crippen LogP contribution in [0, 0.1) is 13.8 Å². The Kier molecular flexibility index (Phi) is 9.53. The largest absolute Gasteiger partial charge is 0.465 e. The third kappa shape index (κ3) is 8.38. The summed E-state index contributed by atoms with van der Waals surface area (Å²) in [6, 6.07) is 10.8. The Morgan fingerprint density at radius 3 is 1.76 bits per heavy atom. The second-order valence-electron chi connectivity index (χ2n) is 7.49. The van der Waals surface area contributed by atoms with Crippen molar-refractivity contribution >= 4 is 27.9 Å². The average Bonchev–Trinajstić information content (AvgIpc) is 2.67. The standard InChI is InChI=1S/C14H20O3.C9H9BrO2/c1-10-8-11(13(15)16-5)6-7-12(10)9-17-14(2,3)4;1-6-5-7(9(11)12-2)3-4-8(6)10/h6-8H,9H2,1-5H3;3-5H,1-2H3. The molecule has 0 aliphatic heterocycles. The van der Waals surface area contributed by atoms with Crippen LogP contribution in [0.15, 0.2) is 40.9 Å². The van der Waals surface area contributed by atoms with Gasteiger partial charge in [0.2, 0.25) is 0 Å². The maximum Gasteiger partial charge on any atom is 0.337 e. The predicted octanol–water partition coefficient (Wildman–Crippen LogP) is 5.64. The van der Waals surface area contributed by atoms with Gasteiger partial charge in [-0.1, -0.05) is 22.0 Å². The van der Waals surface area contributed by atoms with Gasteiger partial charge in [-0.15, -0.1) is 0 Å². The van der Waals surface area contributed by atoms with E-state index in [1.807, 2.05) is 52.8 Å². The zero-order valence-corrected chi connectivity index (χ0v) is 19.7. The fourth-order valence-electron chi connectivity index (χ4n) is 2.29. The summed E-state index contributed by atoms with van der Waals surface area (Å²) in [5.41, 5.74) is 4.15. The van der Waals surface area contributed by atoms with Crippen molar-refractivity contribution in [2.75, 3.05) is 14.2 Å². The van der Waals surface area contributed by atoms with Crippen molar-refractivity contribution in [1.29, 1.82) is 0 Å². The Balaban J connectivity index is 0.000000308. The summed E-state index contributed by atoms with van der Waals surface area (Å²) in [6.45, 7) is 10.5. The van der Waals surface area contributed by atoms with E-state index in [1.54, 1.807) is 18.2 Å². The highest BCUT2D eigenvalue weighted by Crippen LogP contribution is 2.18. The molecule has 0 N–H and O–H groups in total. The second kappa shape index (κ2) is 11.1. The van der Waals surface area contributed by atoms with Crippen LogP contribution in [0.1, 0.15) is 58.2 Å². The number of aryl methyl sites for hydroxylation is 2. The van der Waals surface area contributed by atoms with E-state index in [0.717, 1.165) is 21.2 Å². The molecule has 0 aliphatic rings. The molecule has 0 aliphatic carbocycles. The lowest BCUT2D eigenvalue weighted by atomic mass is 10.1. The van der Waals surface area contributed by atoms with Gasteiger partial charge in [0.25, 0.3) is 0 Å². The molecule has 0 unspecified atom stereocenters. The lowest BCUT2D eigenvalue weighted by molar-refractivity contribution is -0.0151. The van der Waals surface area contributed by atoms with Gasteiger partial charge in [-0.25, -0.2) is 9.59 Å². The molecule has 0 amide bonds. The summed E-state index contributed by atoms with van der Waals surface area (Å²) < 4.78 is 16.0. The summed E-state index contributed by atoms with van der Waals surface area (Å²) in [6.07, 6.45) is 0. The van der Waals surface area contributed by atoms with Gasteiger partial charge in [0.05, 0.1) is 37.6 Å². The molecule has 0 saturated heterocycles. The zero-order valence-electron chi connectivity index (χ0n) is 18.1. The fourth-order valence-corrected chi connectivity index (χ4v) is 2.53. The molecule has 6 heteroatoms. The highest BCUT2D eigenvalue weighted by atomic mass is 79.9. The molecular weight excluding hydrogens is 436 g/mol. The van der Waals surface area contributed by atoms with Crippen LogP contribution in [0.4, 0.5) is 0 Å². The summed E-state index contributed by atoms with van der Waals surface area (Å²) in [4.78, 5) is 22.4. The van der Waals surface area contributed by atoms with Gasteiger partial charge in [-0.2, -0.15) is 0 Å². The van der Waals surface area contributed by atoms with E-state index in [1.165, 1.54) is 14.2 Å². The monoisotopic (exact) mass is 464 g/mol. The Bertz CT molecular complexity index is 853. The number of carbonyl (C=O) groups excluding carboxylic acids is 2. The zero-order chi connectivity index (χ0) is 22.2. The first-order chi connectivity index (χ1) is 13.5. The molecule has 2 aromatic rings. The molecule has 0 atom stereocenters. The number of benzene rings is 2. The molecule has 0 heterocycles. The van der Waals surface area contributed by atoms with Crippen LogP contribution in [-0.4, -0.2) is 31.8 Å². The van der Waals surface area contributed by atoms with Crippen LogP contribution >= 0.6 is 15.9 Å². The number of ether oxygens (including phenoxy) is 3. The van der Waals surface area contributed by atoms with Gasteiger partial charge >= 0.3 is 11.9 Å². The van der Waals surface area contributed by atoms with Crippen molar-refractivity contribution in [1.82, 2.24) is 0 Å². The Morgan fingerprint density at radius 2 is 1.34 bits per heavy atom. The van der Waals surface area contributed by atoms with Crippen LogP contribution in [0.5, 0.6) is 0 Å².